The Labute approximate surface area is 108 Å². The molecule has 1 aromatic rings. The lowest BCUT2D eigenvalue weighted by Gasteiger charge is -2.06. The quantitative estimate of drug-likeness (QED) is 0.775. The zero-order chi connectivity index (χ0) is 12.7. The van der Waals surface area contributed by atoms with Gasteiger partial charge in [-0.1, -0.05) is 25.9 Å². The zero-order valence-electron chi connectivity index (χ0n) is 11.0. The molecule has 0 amide bonds. The highest BCUT2D eigenvalue weighted by Crippen LogP contribution is 2.16. The van der Waals surface area contributed by atoms with Crippen molar-refractivity contribution in [1.29, 1.82) is 0 Å². The highest BCUT2D eigenvalue weighted by atomic mass is 32.2. The summed E-state index contributed by atoms with van der Waals surface area (Å²) in [7, 11) is 0. The van der Waals surface area contributed by atoms with Gasteiger partial charge in [-0.3, -0.25) is 0 Å². The summed E-state index contributed by atoms with van der Waals surface area (Å²) < 4.78 is 5.22. The van der Waals surface area contributed by atoms with Gasteiger partial charge >= 0.3 is 0 Å². The summed E-state index contributed by atoms with van der Waals surface area (Å²) in [5, 5.41) is 4.58. The van der Waals surface area contributed by atoms with Crippen LogP contribution in [0.15, 0.2) is 4.52 Å². The molecule has 0 bridgehead atoms. The van der Waals surface area contributed by atoms with E-state index < -0.39 is 0 Å². The lowest BCUT2D eigenvalue weighted by Crippen LogP contribution is -2.06. The molecule has 0 aliphatic rings. The van der Waals surface area contributed by atoms with Gasteiger partial charge in [-0.15, -0.1) is 0 Å². The highest BCUT2D eigenvalue weighted by Gasteiger charge is 2.09. The van der Waals surface area contributed by atoms with E-state index in [9.17, 15) is 0 Å². The van der Waals surface area contributed by atoms with Gasteiger partial charge in [-0.25, -0.2) is 0 Å². The third kappa shape index (κ3) is 6.07. The molecular formula is C12H23N3OS. The molecule has 0 aromatic carbocycles. The average Bonchev–Trinajstić information content (AvgIpc) is 2.72. The third-order valence-electron chi connectivity index (χ3n) is 2.57. The van der Waals surface area contributed by atoms with Crippen molar-refractivity contribution in [2.24, 2.45) is 11.7 Å². The topological polar surface area (TPSA) is 64.9 Å². The smallest absolute Gasteiger partial charge is 0.226 e. The SMILES string of the molecule is CC(CCN)CCc1nc(CSC(C)C)no1. The fraction of sp³-hybridized carbons (Fsp3) is 0.833. The molecule has 1 rings (SSSR count). The van der Waals surface area contributed by atoms with E-state index >= 15 is 0 Å². The average molecular weight is 257 g/mol. The van der Waals surface area contributed by atoms with Crippen LogP contribution in [-0.4, -0.2) is 21.9 Å². The molecular weight excluding hydrogens is 234 g/mol. The second-order valence-electron chi connectivity index (χ2n) is 4.69. The van der Waals surface area contributed by atoms with Gasteiger partial charge in [0.2, 0.25) is 5.89 Å². The van der Waals surface area contributed by atoms with Crippen LogP contribution in [-0.2, 0) is 12.2 Å². The minimum Gasteiger partial charge on any atom is -0.339 e. The molecule has 1 unspecified atom stereocenters. The lowest BCUT2D eigenvalue weighted by molar-refractivity contribution is 0.359. The molecule has 1 atom stereocenters. The molecule has 5 heteroatoms. The summed E-state index contributed by atoms with van der Waals surface area (Å²) >= 11 is 1.83. The molecule has 0 aliphatic heterocycles. The molecule has 0 saturated carbocycles. The Morgan fingerprint density at radius 1 is 1.29 bits per heavy atom. The van der Waals surface area contributed by atoms with E-state index in [2.05, 4.69) is 30.9 Å². The Morgan fingerprint density at radius 2 is 2.06 bits per heavy atom. The number of hydrogen-bond donors (Lipinski definition) is 1. The Morgan fingerprint density at radius 3 is 2.71 bits per heavy atom. The van der Waals surface area contributed by atoms with Gasteiger partial charge in [0.25, 0.3) is 0 Å². The maximum absolute atomic E-state index is 5.52. The summed E-state index contributed by atoms with van der Waals surface area (Å²) in [4.78, 5) is 4.38. The number of aromatic nitrogens is 2. The Kier molecular flexibility index (Phi) is 6.58. The van der Waals surface area contributed by atoms with Gasteiger partial charge in [0.05, 0.1) is 5.75 Å². The van der Waals surface area contributed by atoms with Crippen LogP contribution >= 0.6 is 11.8 Å². The Balaban J connectivity index is 2.30. The van der Waals surface area contributed by atoms with Gasteiger partial charge < -0.3 is 10.3 Å². The van der Waals surface area contributed by atoms with Crippen molar-refractivity contribution in [1.82, 2.24) is 10.1 Å². The molecule has 98 valence electrons. The van der Waals surface area contributed by atoms with E-state index in [-0.39, 0.29) is 0 Å². The molecule has 0 aliphatic carbocycles. The van der Waals surface area contributed by atoms with Crippen LogP contribution < -0.4 is 5.73 Å². The second-order valence-corrected chi connectivity index (χ2v) is 6.25. The minimum absolute atomic E-state index is 0.599. The molecule has 0 fully saturated rings. The van der Waals surface area contributed by atoms with Crippen LogP contribution in [0.4, 0.5) is 0 Å². The summed E-state index contributed by atoms with van der Waals surface area (Å²) in [6.07, 6.45) is 2.99. The molecule has 1 heterocycles. The van der Waals surface area contributed by atoms with Crippen molar-refractivity contribution < 1.29 is 4.52 Å². The van der Waals surface area contributed by atoms with Crippen molar-refractivity contribution in [2.45, 2.75) is 51.0 Å². The van der Waals surface area contributed by atoms with E-state index in [0.717, 1.165) is 43.3 Å². The van der Waals surface area contributed by atoms with E-state index in [1.54, 1.807) is 0 Å². The van der Waals surface area contributed by atoms with Crippen LogP contribution in [0.3, 0.4) is 0 Å². The Hall–Kier alpha value is -0.550. The zero-order valence-corrected chi connectivity index (χ0v) is 11.8. The van der Waals surface area contributed by atoms with Crippen molar-refractivity contribution in [3.05, 3.63) is 11.7 Å². The van der Waals surface area contributed by atoms with Crippen molar-refractivity contribution in [3.63, 3.8) is 0 Å². The number of hydrogen-bond acceptors (Lipinski definition) is 5. The molecule has 17 heavy (non-hydrogen) atoms. The number of nitrogens with zero attached hydrogens (tertiary/aromatic N) is 2. The molecule has 4 nitrogen and oxygen atoms in total. The first-order chi connectivity index (χ1) is 8.11. The molecule has 1 aromatic heterocycles. The van der Waals surface area contributed by atoms with E-state index in [0.29, 0.717) is 11.2 Å². The van der Waals surface area contributed by atoms with Gasteiger partial charge in [-0.05, 0) is 30.6 Å². The molecule has 0 spiro atoms. The lowest BCUT2D eigenvalue weighted by atomic mass is 10.0. The normalized spacial score (nSPS) is 13.2. The minimum atomic E-state index is 0.599. The van der Waals surface area contributed by atoms with Crippen molar-refractivity contribution in [2.75, 3.05) is 6.54 Å². The fourth-order valence-electron chi connectivity index (χ4n) is 1.49. The predicted molar refractivity (Wildman–Crippen MR) is 71.9 cm³/mol. The van der Waals surface area contributed by atoms with Gasteiger partial charge in [0.1, 0.15) is 0 Å². The first kappa shape index (κ1) is 14.5. The summed E-state index contributed by atoms with van der Waals surface area (Å²) in [5.74, 6) is 3.03. The Bertz CT molecular complexity index is 314. The maximum atomic E-state index is 5.52. The maximum Gasteiger partial charge on any atom is 0.226 e. The standard InChI is InChI=1S/C12H23N3OS/c1-9(2)17-8-11-14-12(16-15-11)5-4-10(3)6-7-13/h9-10H,4-8,13H2,1-3H3. The van der Waals surface area contributed by atoms with E-state index in [1.165, 1.54) is 0 Å². The van der Waals surface area contributed by atoms with Gasteiger partial charge in [0, 0.05) is 6.42 Å². The second kappa shape index (κ2) is 7.71. The monoisotopic (exact) mass is 257 g/mol. The summed E-state index contributed by atoms with van der Waals surface area (Å²) in [6, 6.07) is 0. The molecule has 2 N–H and O–H groups in total. The predicted octanol–water partition coefficient (Wildman–Crippen LogP) is 2.63. The van der Waals surface area contributed by atoms with Crippen LogP contribution in [0.5, 0.6) is 0 Å². The van der Waals surface area contributed by atoms with E-state index in [4.69, 9.17) is 10.3 Å². The summed E-state index contributed by atoms with van der Waals surface area (Å²) in [6.45, 7) is 7.29. The van der Waals surface area contributed by atoms with Crippen LogP contribution in [0.2, 0.25) is 0 Å². The van der Waals surface area contributed by atoms with Crippen LogP contribution in [0.1, 0.15) is 45.3 Å². The number of nitrogens with two attached hydrogens (primary N) is 1. The van der Waals surface area contributed by atoms with Crippen molar-refractivity contribution >= 4 is 11.8 Å². The van der Waals surface area contributed by atoms with Crippen molar-refractivity contribution in [3.8, 4) is 0 Å². The number of thioether (sulfide) groups is 1. The first-order valence-electron chi connectivity index (χ1n) is 6.25. The largest absolute Gasteiger partial charge is 0.339 e. The molecule has 0 radical (unpaired) electrons. The first-order valence-corrected chi connectivity index (χ1v) is 7.29. The number of aryl methyl sites for hydroxylation is 1. The van der Waals surface area contributed by atoms with Gasteiger partial charge in [-0.2, -0.15) is 16.7 Å². The third-order valence-corrected chi connectivity index (χ3v) is 3.66. The van der Waals surface area contributed by atoms with E-state index in [1.807, 2.05) is 11.8 Å². The number of rotatable bonds is 8. The van der Waals surface area contributed by atoms with Crippen LogP contribution in [0.25, 0.3) is 0 Å². The molecule has 0 saturated heterocycles. The highest BCUT2D eigenvalue weighted by molar-refractivity contribution is 7.99. The van der Waals surface area contributed by atoms with Gasteiger partial charge in [0.15, 0.2) is 5.82 Å². The van der Waals surface area contributed by atoms with Crippen LogP contribution in [0, 0.1) is 5.92 Å². The summed E-state index contributed by atoms with van der Waals surface area (Å²) in [5.41, 5.74) is 5.52. The fourth-order valence-corrected chi connectivity index (χ4v) is 2.09.